The number of methoxy groups -OCH3 is 1. The number of hydrogen-bond acceptors (Lipinski definition) is 5. The highest BCUT2D eigenvalue weighted by atomic mass is 16.5. The standard InChI is InChI=1S/C20H26N4O/c1-23(20-21-13-12-19(22-20)25-2)18-11-7-15-24(16-18)14-6-10-17-8-4-3-5-9-17/h3-6,8-10,12-13,18H,7,11,14-16H2,1-2H3/b10-6+. The summed E-state index contributed by atoms with van der Waals surface area (Å²) >= 11 is 0. The van der Waals surface area contributed by atoms with Gasteiger partial charge in [-0.2, -0.15) is 4.98 Å². The molecule has 132 valence electrons. The monoisotopic (exact) mass is 338 g/mol. The van der Waals surface area contributed by atoms with Crippen molar-refractivity contribution in [3.05, 3.63) is 54.2 Å². The van der Waals surface area contributed by atoms with Gasteiger partial charge >= 0.3 is 0 Å². The van der Waals surface area contributed by atoms with E-state index in [-0.39, 0.29) is 0 Å². The summed E-state index contributed by atoms with van der Waals surface area (Å²) in [5.74, 6) is 1.33. The number of piperidine rings is 1. The minimum absolute atomic E-state index is 0.422. The second-order valence-corrected chi connectivity index (χ2v) is 6.38. The summed E-state index contributed by atoms with van der Waals surface area (Å²) in [5.41, 5.74) is 1.25. The number of rotatable bonds is 6. The van der Waals surface area contributed by atoms with Gasteiger partial charge in [0.05, 0.1) is 7.11 Å². The summed E-state index contributed by atoms with van der Waals surface area (Å²) in [7, 11) is 3.70. The molecular weight excluding hydrogens is 312 g/mol. The lowest BCUT2D eigenvalue weighted by atomic mass is 10.0. The average Bonchev–Trinajstić information content (AvgIpc) is 2.68. The second-order valence-electron chi connectivity index (χ2n) is 6.38. The highest BCUT2D eigenvalue weighted by Crippen LogP contribution is 2.20. The van der Waals surface area contributed by atoms with E-state index in [1.807, 2.05) is 6.07 Å². The van der Waals surface area contributed by atoms with Crippen LogP contribution in [0.25, 0.3) is 6.08 Å². The van der Waals surface area contributed by atoms with E-state index in [1.165, 1.54) is 12.0 Å². The molecule has 0 amide bonds. The zero-order valence-corrected chi connectivity index (χ0v) is 15.0. The maximum absolute atomic E-state index is 5.21. The average molecular weight is 338 g/mol. The van der Waals surface area contributed by atoms with Crippen molar-refractivity contribution in [3.8, 4) is 5.88 Å². The van der Waals surface area contributed by atoms with Gasteiger partial charge in [0.2, 0.25) is 11.8 Å². The minimum Gasteiger partial charge on any atom is -0.481 e. The first kappa shape index (κ1) is 17.4. The van der Waals surface area contributed by atoms with E-state index in [2.05, 4.69) is 63.2 Å². The van der Waals surface area contributed by atoms with Crippen molar-refractivity contribution in [1.82, 2.24) is 14.9 Å². The van der Waals surface area contributed by atoms with Gasteiger partial charge in [-0.05, 0) is 24.9 Å². The van der Waals surface area contributed by atoms with Crippen LogP contribution in [0.2, 0.25) is 0 Å². The molecule has 1 aliphatic rings. The van der Waals surface area contributed by atoms with Crippen LogP contribution >= 0.6 is 0 Å². The van der Waals surface area contributed by atoms with Gasteiger partial charge in [0, 0.05) is 38.4 Å². The molecule has 2 heterocycles. The van der Waals surface area contributed by atoms with Crippen molar-refractivity contribution in [2.24, 2.45) is 0 Å². The fraction of sp³-hybridized carbons (Fsp3) is 0.400. The summed E-state index contributed by atoms with van der Waals surface area (Å²) in [4.78, 5) is 13.5. The molecule has 2 aromatic rings. The highest BCUT2D eigenvalue weighted by molar-refractivity contribution is 5.48. The zero-order chi connectivity index (χ0) is 17.5. The second kappa shape index (κ2) is 8.62. The molecule has 5 nitrogen and oxygen atoms in total. The van der Waals surface area contributed by atoms with Crippen molar-refractivity contribution in [1.29, 1.82) is 0 Å². The molecule has 0 N–H and O–H groups in total. The van der Waals surface area contributed by atoms with Crippen LogP contribution in [-0.4, -0.2) is 54.7 Å². The van der Waals surface area contributed by atoms with Gasteiger partial charge in [0.15, 0.2) is 0 Å². The summed E-state index contributed by atoms with van der Waals surface area (Å²) in [6, 6.07) is 12.6. The number of ether oxygens (including phenoxy) is 1. The summed E-state index contributed by atoms with van der Waals surface area (Å²) in [6.07, 6.45) is 8.55. The van der Waals surface area contributed by atoms with E-state index in [4.69, 9.17) is 4.74 Å². The molecule has 25 heavy (non-hydrogen) atoms. The highest BCUT2D eigenvalue weighted by Gasteiger charge is 2.24. The van der Waals surface area contributed by atoms with Gasteiger partial charge < -0.3 is 9.64 Å². The number of likely N-dealkylation sites (N-methyl/N-ethyl adjacent to an activating group) is 1. The first-order valence-electron chi connectivity index (χ1n) is 8.80. The quantitative estimate of drug-likeness (QED) is 0.809. The van der Waals surface area contributed by atoms with E-state index < -0.39 is 0 Å². The Morgan fingerprint density at radius 2 is 2.12 bits per heavy atom. The summed E-state index contributed by atoms with van der Waals surface area (Å²) in [5, 5.41) is 0. The van der Waals surface area contributed by atoms with Crippen LogP contribution in [0.1, 0.15) is 18.4 Å². The Morgan fingerprint density at radius 3 is 2.92 bits per heavy atom. The third-order valence-electron chi connectivity index (χ3n) is 4.64. The smallest absolute Gasteiger partial charge is 0.228 e. The third kappa shape index (κ3) is 4.79. The maximum atomic E-state index is 5.21. The maximum Gasteiger partial charge on any atom is 0.228 e. The van der Waals surface area contributed by atoms with E-state index in [1.54, 1.807) is 19.4 Å². The van der Waals surface area contributed by atoms with Gasteiger partial charge in [-0.1, -0.05) is 42.5 Å². The van der Waals surface area contributed by atoms with Gasteiger partial charge in [-0.15, -0.1) is 0 Å². The largest absolute Gasteiger partial charge is 0.481 e. The molecule has 0 bridgehead atoms. The number of hydrogen-bond donors (Lipinski definition) is 0. The molecule has 1 saturated heterocycles. The Bertz CT molecular complexity index is 689. The number of benzene rings is 1. The predicted molar refractivity (Wildman–Crippen MR) is 102 cm³/mol. The Labute approximate surface area is 150 Å². The molecule has 1 unspecified atom stereocenters. The Kier molecular flexibility index (Phi) is 6.01. The topological polar surface area (TPSA) is 41.5 Å². The Hall–Kier alpha value is -2.40. The molecule has 3 rings (SSSR count). The third-order valence-corrected chi connectivity index (χ3v) is 4.64. The van der Waals surface area contributed by atoms with Crippen LogP contribution in [0.5, 0.6) is 5.88 Å². The predicted octanol–water partition coefficient (Wildman–Crippen LogP) is 3.10. The lowest BCUT2D eigenvalue weighted by Gasteiger charge is -2.37. The number of likely N-dealkylation sites (tertiary alicyclic amines) is 1. The summed E-state index contributed by atoms with van der Waals surface area (Å²) in [6.45, 7) is 3.14. The van der Waals surface area contributed by atoms with Crippen LogP contribution in [0.3, 0.4) is 0 Å². The first-order valence-corrected chi connectivity index (χ1v) is 8.80. The normalized spacial score (nSPS) is 18.4. The number of anilines is 1. The molecule has 1 aromatic carbocycles. The van der Waals surface area contributed by atoms with Crippen molar-refractivity contribution in [3.63, 3.8) is 0 Å². The molecule has 0 radical (unpaired) electrons. The van der Waals surface area contributed by atoms with Crippen LogP contribution in [0.4, 0.5) is 5.95 Å². The number of aromatic nitrogens is 2. The molecule has 0 saturated carbocycles. The Morgan fingerprint density at radius 1 is 1.28 bits per heavy atom. The molecule has 0 spiro atoms. The molecule has 1 atom stereocenters. The van der Waals surface area contributed by atoms with Crippen molar-refractivity contribution >= 4 is 12.0 Å². The van der Waals surface area contributed by atoms with Crippen LogP contribution in [0, 0.1) is 0 Å². The SMILES string of the molecule is COc1ccnc(N(C)C2CCCN(C/C=C/c3ccccc3)C2)n1. The van der Waals surface area contributed by atoms with Gasteiger partial charge in [-0.3, -0.25) is 4.90 Å². The van der Waals surface area contributed by atoms with Crippen molar-refractivity contribution in [2.45, 2.75) is 18.9 Å². The van der Waals surface area contributed by atoms with Crippen LogP contribution in [-0.2, 0) is 0 Å². The van der Waals surface area contributed by atoms with E-state index >= 15 is 0 Å². The van der Waals surface area contributed by atoms with Crippen molar-refractivity contribution < 1.29 is 4.74 Å². The van der Waals surface area contributed by atoms with Crippen molar-refractivity contribution in [2.75, 3.05) is 38.7 Å². The van der Waals surface area contributed by atoms with Gasteiger partial charge in [0.25, 0.3) is 0 Å². The molecule has 1 fully saturated rings. The molecule has 1 aliphatic heterocycles. The van der Waals surface area contributed by atoms with Crippen LogP contribution < -0.4 is 9.64 Å². The van der Waals surface area contributed by atoms with Crippen LogP contribution in [0.15, 0.2) is 48.7 Å². The fourth-order valence-electron chi connectivity index (χ4n) is 3.19. The molecule has 0 aliphatic carbocycles. The van der Waals surface area contributed by atoms with E-state index in [0.717, 1.165) is 32.0 Å². The molecular formula is C20H26N4O. The van der Waals surface area contributed by atoms with Gasteiger partial charge in [0.1, 0.15) is 0 Å². The molecule has 1 aromatic heterocycles. The Balaban J connectivity index is 1.57. The lowest BCUT2D eigenvalue weighted by molar-refractivity contribution is 0.225. The minimum atomic E-state index is 0.422. The van der Waals surface area contributed by atoms with E-state index in [9.17, 15) is 0 Å². The molecule has 5 heteroatoms. The fourth-order valence-corrected chi connectivity index (χ4v) is 3.19. The zero-order valence-electron chi connectivity index (χ0n) is 15.0. The number of nitrogens with zero attached hydrogens (tertiary/aromatic N) is 4. The van der Waals surface area contributed by atoms with Gasteiger partial charge in [-0.25, -0.2) is 4.98 Å². The lowest BCUT2D eigenvalue weighted by Crippen LogP contribution is -2.47. The van der Waals surface area contributed by atoms with E-state index in [0.29, 0.717) is 11.9 Å². The summed E-state index contributed by atoms with van der Waals surface area (Å²) < 4.78 is 5.21. The first-order chi connectivity index (χ1) is 12.3.